The number of halogens is 2. The largest absolute Gasteiger partial charge is 0.392 e. The van der Waals surface area contributed by atoms with Gasteiger partial charge in [-0.15, -0.1) is 0 Å². The summed E-state index contributed by atoms with van der Waals surface area (Å²) >= 11 is 3.17. The van der Waals surface area contributed by atoms with E-state index in [0.717, 1.165) is 6.07 Å². The van der Waals surface area contributed by atoms with E-state index in [2.05, 4.69) is 20.7 Å². The smallest absolute Gasteiger partial charge is 0.263 e. The Labute approximate surface area is 130 Å². The molecule has 112 valence electrons. The van der Waals surface area contributed by atoms with E-state index in [1.807, 2.05) is 0 Å². The number of aliphatic hydroxyl groups is 1. The van der Waals surface area contributed by atoms with Crippen molar-refractivity contribution in [2.45, 2.75) is 18.4 Å². The molecule has 0 aliphatic heterocycles. The second-order valence-corrected chi connectivity index (χ2v) is 6.99. The number of hydrogen-bond donors (Lipinski definition) is 2. The zero-order chi connectivity index (χ0) is 15.6. The number of hydrogen-bond acceptors (Lipinski definition) is 3. The highest BCUT2D eigenvalue weighted by Crippen LogP contribution is 2.26. The third kappa shape index (κ3) is 3.61. The summed E-state index contributed by atoms with van der Waals surface area (Å²) in [6.45, 7) is 1.50. The second kappa shape index (κ2) is 6.13. The Kier molecular flexibility index (Phi) is 4.65. The third-order valence-electron chi connectivity index (χ3n) is 2.91. The van der Waals surface area contributed by atoms with Crippen molar-refractivity contribution in [1.29, 1.82) is 0 Å². The number of nitrogens with one attached hydrogen (secondary N) is 1. The van der Waals surface area contributed by atoms with Gasteiger partial charge in [0.25, 0.3) is 10.0 Å². The molecule has 0 amide bonds. The minimum absolute atomic E-state index is 0.0170. The van der Waals surface area contributed by atoms with E-state index in [0.29, 0.717) is 15.6 Å². The molecule has 0 saturated heterocycles. The lowest BCUT2D eigenvalue weighted by atomic mass is 10.2. The molecule has 2 aromatic rings. The maximum Gasteiger partial charge on any atom is 0.263 e. The predicted molar refractivity (Wildman–Crippen MR) is 82.0 cm³/mol. The molecule has 0 radical (unpaired) electrons. The van der Waals surface area contributed by atoms with Crippen LogP contribution in [-0.2, 0) is 16.6 Å². The minimum Gasteiger partial charge on any atom is -0.392 e. The molecular weight excluding hydrogens is 361 g/mol. The highest BCUT2D eigenvalue weighted by Gasteiger charge is 2.19. The summed E-state index contributed by atoms with van der Waals surface area (Å²) in [5.41, 5.74) is 1.39. The van der Waals surface area contributed by atoms with Crippen LogP contribution in [0.2, 0.25) is 0 Å². The Balaban J connectivity index is 2.41. The van der Waals surface area contributed by atoms with E-state index in [9.17, 15) is 12.8 Å². The summed E-state index contributed by atoms with van der Waals surface area (Å²) in [6.07, 6.45) is 0. The topological polar surface area (TPSA) is 66.4 Å². The van der Waals surface area contributed by atoms with Crippen LogP contribution in [0.3, 0.4) is 0 Å². The molecule has 0 aliphatic rings. The Morgan fingerprint density at radius 3 is 2.57 bits per heavy atom. The summed E-state index contributed by atoms with van der Waals surface area (Å²) in [5.74, 6) is -0.520. The number of sulfonamides is 1. The summed E-state index contributed by atoms with van der Waals surface area (Å²) in [7, 11) is -3.85. The molecule has 2 N–H and O–H groups in total. The van der Waals surface area contributed by atoms with Crippen LogP contribution < -0.4 is 4.72 Å². The van der Waals surface area contributed by atoms with E-state index >= 15 is 0 Å². The van der Waals surface area contributed by atoms with E-state index in [-0.39, 0.29) is 17.2 Å². The molecule has 0 spiro atoms. The van der Waals surface area contributed by atoms with Crippen molar-refractivity contribution in [2.24, 2.45) is 0 Å². The van der Waals surface area contributed by atoms with Gasteiger partial charge in [0.1, 0.15) is 10.7 Å². The molecule has 0 atom stereocenters. The lowest BCUT2D eigenvalue weighted by Crippen LogP contribution is -2.14. The number of aliphatic hydroxyl groups excluding tert-OH is 1. The number of anilines is 1. The van der Waals surface area contributed by atoms with Gasteiger partial charge in [0.05, 0.1) is 12.3 Å². The lowest BCUT2D eigenvalue weighted by molar-refractivity contribution is 0.281. The zero-order valence-corrected chi connectivity index (χ0v) is 13.5. The maximum absolute atomic E-state index is 13.2. The average molecular weight is 374 g/mol. The van der Waals surface area contributed by atoms with Crippen LogP contribution >= 0.6 is 15.9 Å². The first kappa shape index (κ1) is 15.9. The first-order chi connectivity index (χ1) is 9.83. The monoisotopic (exact) mass is 373 g/mol. The van der Waals surface area contributed by atoms with E-state index in [4.69, 9.17) is 5.11 Å². The van der Waals surface area contributed by atoms with Gasteiger partial charge in [-0.3, -0.25) is 4.72 Å². The summed E-state index contributed by atoms with van der Waals surface area (Å²) in [4.78, 5) is 0.0170. The van der Waals surface area contributed by atoms with Gasteiger partial charge in [-0.1, -0.05) is 12.1 Å². The van der Waals surface area contributed by atoms with Crippen LogP contribution in [0.4, 0.5) is 10.1 Å². The molecule has 0 unspecified atom stereocenters. The Morgan fingerprint density at radius 2 is 1.95 bits per heavy atom. The fraction of sp³-hybridized carbons (Fsp3) is 0.143. The zero-order valence-electron chi connectivity index (χ0n) is 11.1. The van der Waals surface area contributed by atoms with Crippen LogP contribution in [0.1, 0.15) is 11.1 Å². The molecule has 0 bridgehead atoms. The van der Waals surface area contributed by atoms with Crippen molar-refractivity contribution >= 4 is 31.6 Å². The van der Waals surface area contributed by atoms with E-state index < -0.39 is 15.8 Å². The fourth-order valence-corrected chi connectivity index (χ4v) is 4.01. The number of rotatable bonds is 4. The van der Waals surface area contributed by atoms with Gasteiger partial charge in [0.2, 0.25) is 0 Å². The normalized spacial score (nSPS) is 11.4. The van der Waals surface area contributed by atoms with Crippen molar-refractivity contribution in [3.05, 3.63) is 57.8 Å². The van der Waals surface area contributed by atoms with Crippen molar-refractivity contribution in [2.75, 3.05) is 4.72 Å². The quantitative estimate of drug-likeness (QED) is 0.864. The second-order valence-electron chi connectivity index (χ2n) is 4.49. The standard InChI is InChI=1S/C14H13BrFNO3S/c1-9-2-4-11(16)7-13(9)17-21(19,20)14-5-3-10(8-18)6-12(14)15/h2-7,17-18H,8H2,1H3. The van der Waals surface area contributed by atoms with Gasteiger partial charge < -0.3 is 5.11 Å². The van der Waals surface area contributed by atoms with Gasteiger partial charge in [-0.25, -0.2) is 12.8 Å². The molecule has 7 heteroatoms. The van der Waals surface area contributed by atoms with Crippen molar-refractivity contribution in [3.63, 3.8) is 0 Å². The minimum atomic E-state index is -3.85. The molecule has 4 nitrogen and oxygen atoms in total. The number of aryl methyl sites for hydroxylation is 1. The van der Waals surface area contributed by atoms with Gasteiger partial charge in [-0.2, -0.15) is 0 Å². The number of benzene rings is 2. The van der Waals surface area contributed by atoms with Gasteiger partial charge in [0.15, 0.2) is 0 Å². The van der Waals surface area contributed by atoms with Crippen LogP contribution in [0, 0.1) is 12.7 Å². The maximum atomic E-state index is 13.2. The van der Waals surface area contributed by atoms with Crippen LogP contribution in [0.15, 0.2) is 45.8 Å². The van der Waals surface area contributed by atoms with Crippen molar-refractivity contribution in [1.82, 2.24) is 0 Å². The molecule has 2 aromatic carbocycles. The lowest BCUT2D eigenvalue weighted by Gasteiger charge is -2.12. The molecule has 21 heavy (non-hydrogen) atoms. The van der Waals surface area contributed by atoms with Crippen molar-refractivity contribution < 1.29 is 17.9 Å². The molecule has 0 saturated carbocycles. The first-order valence-corrected chi connectivity index (χ1v) is 8.29. The Hall–Kier alpha value is -1.44. The van der Waals surface area contributed by atoms with Gasteiger partial charge in [-0.05, 0) is 58.2 Å². The predicted octanol–water partition coefficient (Wildman–Crippen LogP) is 3.19. The van der Waals surface area contributed by atoms with E-state index in [1.54, 1.807) is 6.92 Å². The Morgan fingerprint density at radius 1 is 1.24 bits per heavy atom. The molecule has 0 aromatic heterocycles. The summed E-state index contributed by atoms with van der Waals surface area (Å²) in [6, 6.07) is 8.30. The van der Waals surface area contributed by atoms with Crippen LogP contribution in [-0.4, -0.2) is 13.5 Å². The Bertz CT molecular complexity index is 778. The highest BCUT2D eigenvalue weighted by molar-refractivity contribution is 9.10. The molecule has 0 aliphatic carbocycles. The summed E-state index contributed by atoms with van der Waals surface area (Å²) < 4.78 is 40.6. The summed E-state index contributed by atoms with van der Waals surface area (Å²) in [5, 5.41) is 9.03. The van der Waals surface area contributed by atoms with Gasteiger partial charge in [0, 0.05) is 4.47 Å². The van der Waals surface area contributed by atoms with Crippen LogP contribution in [0.5, 0.6) is 0 Å². The van der Waals surface area contributed by atoms with Crippen LogP contribution in [0.25, 0.3) is 0 Å². The fourth-order valence-electron chi connectivity index (χ4n) is 1.76. The molecular formula is C14H13BrFNO3S. The van der Waals surface area contributed by atoms with E-state index in [1.165, 1.54) is 30.3 Å². The first-order valence-electron chi connectivity index (χ1n) is 6.02. The molecule has 2 rings (SSSR count). The average Bonchev–Trinajstić information content (AvgIpc) is 2.42. The van der Waals surface area contributed by atoms with Crippen molar-refractivity contribution in [3.8, 4) is 0 Å². The third-order valence-corrected chi connectivity index (χ3v) is 5.25. The van der Waals surface area contributed by atoms with Gasteiger partial charge >= 0.3 is 0 Å². The SMILES string of the molecule is Cc1ccc(F)cc1NS(=O)(=O)c1ccc(CO)cc1Br. The molecule has 0 heterocycles. The molecule has 0 fully saturated rings. The highest BCUT2D eigenvalue weighted by atomic mass is 79.9.